The Morgan fingerprint density at radius 1 is 1.24 bits per heavy atom. The van der Waals surface area contributed by atoms with E-state index in [-0.39, 0.29) is 27.1 Å². The van der Waals surface area contributed by atoms with Crippen LogP contribution >= 0.6 is 34.5 Å². The second kappa shape index (κ2) is 10.3. The number of nitrogens with zero attached hydrogens (tertiary/aromatic N) is 1. The van der Waals surface area contributed by atoms with Crippen LogP contribution in [0.15, 0.2) is 42.0 Å². The molecule has 2 aromatic carbocycles. The fourth-order valence-corrected chi connectivity index (χ4v) is 5.81. The normalized spacial score (nSPS) is 14.9. The molecule has 0 saturated carbocycles. The van der Waals surface area contributed by atoms with Crippen LogP contribution < -0.4 is 5.32 Å². The minimum atomic E-state index is -1.07. The third kappa shape index (κ3) is 5.04. The molecule has 3 aromatic rings. The van der Waals surface area contributed by atoms with Gasteiger partial charge >= 0.3 is 5.97 Å². The first kappa shape index (κ1) is 24.5. The lowest BCUT2D eigenvalue weighted by Crippen LogP contribution is -2.12. The number of carbonyl (C=O) groups excluding carboxylic acids is 1. The SMILES string of the molecule is CCCCC1Cc2sc(NC(=O)c3cc(Cl)c(C=C(C)C(=O)O)c(Cl)c3)nc2-c2ccccc21. The van der Waals surface area contributed by atoms with E-state index in [0.717, 1.165) is 30.5 Å². The molecule has 4 rings (SSSR count). The van der Waals surface area contributed by atoms with Gasteiger partial charge in [0.2, 0.25) is 0 Å². The molecule has 0 spiro atoms. The van der Waals surface area contributed by atoms with E-state index in [2.05, 4.69) is 30.4 Å². The van der Waals surface area contributed by atoms with Gasteiger partial charge < -0.3 is 5.11 Å². The minimum absolute atomic E-state index is 0.0897. The average molecular weight is 515 g/mol. The Balaban J connectivity index is 1.59. The maximum absolute atomic E-state index is 13.0. The fourth-order valence-electron chi connectivity index (χ4n) is 4.17. The summed E-state index contributed by atoms with van der Waals surface area (Å²) in [7, 11) is 0. The number of carboxylic acids is 1. The molecule has 8 heteroatoms. The summed E-state index contributed by atoms with van der Waals surface area (Å²) in [5.74, 6) is -0.989. The Bertz CT molecular complexity index is 1280. The van der Waals surface area contributed by atoms with Gasteiger partial charge in [-0.15, -0.1) is 11.3 Å². The molecule has 1 aromatic heterocycles. The number of amides is 1. The Kier molecular flexibility index (Phi) is 7.41. The molecule has 0 radical (unpaired) electrons. The van der Waals surface area contributed by atoms with Crippen molar-refractivity contribution in [2.24, 2.45) is 0 Å². The first-order chi connectivity index (χ1) is 16.3. The first-order valence-corrected chi connectivity index (χ1v) is 12.7. The van der Waals surface area contributed by atoms with Crippen LogP contribution in [0.2, 0.25) is 10.0 Å². The molecule has 1 atom stereocenters. The highest BCUT2D eigenvalue weighted by Gasteiger charge is 2.28. The topological polar surface area (TPSA) is 79.3 Å². The van der Waals surface area contributed by atoms with Crippen molar-refractivity contribution in [3.05, 3.63) is 73.6 Å². The predicted octanol–water partition coefficient (Wildman–Crippen LogP) is 7.69. The largest absolute Gasteiger partial charge is 0.478 e. The molecule has 34 heavy (non-hydrogen) atoms. The van der Waals surface area contributed by atoms with Gasteiger partial charge in [0.1, 0.15) is 0 Å². The van der Waals surface area contributed by atoms with Crippen molar-refractivity contribution >= 4 is 57.6 Å². The van der Waals surface area contributed by atoms with E-state index >= 15 is 0 Å². The fraction of sp³-hybridized carbons (Fsp3) is 0.269. The van der Waals surface area contributed by atoms with E-state index < -0.39 is 5.97 Å². The van der Waals surface area contributed by atoms with Gasteiger partial charge in [-0.1, -0.05) is 67.2 Å². The summed E-state index contributed by atoms with van der Waals surface area (Å²) in [4.78, 5) is 30.0. The Labute approximate surface area is 212 Å². The zero-order chi connectivity index (χ0) is 24.4. The molecule has 0 saturated heterocycles. The lowest BCUT2D eigenvalue weighted by Gasteiger charge is -2.24. The number of rotatable bonds is 7. The summed E-state index contributed by atoms with van der Waals surface area (Å²) < 4.78 is 0. The van der Waals surface area contributed by atoms with E-state index in [4.69, 9.17) is 33.3 Å². The van der Waals surface area contributed by atoms with Crippen LogP contribution in [0.1, 0.15) is 65.4 Å². The van der Waals surface area contributed by atoms with Crippen LogP contribution in [-0.4, -0.2) is 22.0 Å². The summed E-state index contributed by atoms with van der Waals surface area (Å²) in [6, 6.07) is 11.3. The van der Waals surface area contributed by atoms with Crippen molar-refractivity contribution in [1.82, 2.24) is 4.98 Å². The zero-order valence-corrected chi connectivity index (χ0v) is 21.2. The number of hydrogen-bond acceptors (Lipinski definition) is 4. The van der Waals surface area contributed by atoms with E-state index in [1.165, 1.54) is 53.3 Å². The number of halogens is 2. The standard InChI is InChI=1S/C26H24Cl2N2O3S/c1-3-4-7-15-13-22-23(18-9-6-5-8-17(15)18)29-26(34-22)30-24(31)16-11-20(27)19(21(28)12-16)10-14(2)25(32)33/h5-6,8-12,15H,3-4,7,13H2,1-2H3,(H,32,33)(H,29,30,31). The molecule has 1 unspecified atom stereocenters. The van der Waals surface area contributed by atoms with Crippen molar-refractivity contribution in [2.45, 2.75) is 45.4 Å². The molecule has 1 amide bonds. The average Bonchev–Trinajstić information content (AvgIpc) is 3.21. The Morgan fingerprint density at radius 3 is 2.62 bits per heavy atom. The highest BCUT2D eigenvalue weighted by atomic mass is 35.5. The lowest BCUT2D eigenvalue weighted by molar-refractivity contribution is -0.132. The number of carbonyl (C=O) groups is 2. The maximum atomic E-state index is 13.0. The highest BCUT2D eigenvalue weighted by Crippen LogP contribution is 2.44. The van der Waals surface area contributed by atoms with Crippen LogP contribution in [0.4, 0.5) is 5.13 Å². The molecular formula is C26H24Cl2N2O3S. The Morgan fingerprint density at radius 2 is 1.94 bits per heavy atom. The van der Waals surface area contributed by atoms with Gasteiger partial charge in [-0.25, -0.2) is 9.78 Å². The van der Waals surface area contributed by atoms with Crippen molar-refractivity contribution in [2.75, 3.05) is 5.32 Å². The number of fused-ring (bicyclic) bond motifs is 3. The van der Waals surface area contributed by atoms with Crippen molar-refractivity contribution in [1.29, 1.82) is 0 Å². The second-order valence-electron chi connectivity index (χ2n) is 8.36. The number of aliphatic carboxylic acids is 1. The second-order valence-corrected chi connectivity index (χ2v) is 10.3. The van der Waals surface area contributed by atoms with Gasteiger partial charge in [0.05, 0.1) is 15.7 Å². The number of thiazole rings is 1. The number of hydrogen-bond donors (Lipinski definition) is 2. The van der Waals surface area contributed by atoms with E-state index in [0.29, 0.717) is 16.6 Å². The van der Waals surface area contributed by atoms with Gasteiger partial charge in [-0.2, -0.15) is 0 Å². The summed E-state index contributed by atoms with van der Waals surface area (Å²) in [6.45, 7) is 3.65. The molecular weight excluding hydrogens is 491 g/mol. The summed E-state index contributed by atoms with van der Waals surface area (Å²) in [5, 5.41) is 12.9. The molecule has 5 nitrogen and oxygen atoms in total. The number of anilines is 1. The van der Waals surface area contributed by atoms with Crippen LogP contribution in [0, 0.1) is 0 Å². The monoisotopic (exact) mass is 514 g/mol. The van der Waals surface area contributed by atoms with E-state index in [9.17, 15) is 9.59 Å². The third-order valence-electron chi connectivity index (χ3n) is 5.95. The lowest BCUT2D eigenvalue weighted by atomic mass is 9.81. The first-order valence-electron chi connectivity index (χ1n) is 11.1. The van der Waals surface area contributed by atoms with Gasteiger partial charge in [0, 0.05) is 27.1 Å². The third-order valence-corrected chi connectivity index (χ3v) is 7.57. The minimum Gasteiger partial charge on any atom is -0.478 e. The van der Waals surface area contributed by atoms with Crippen LogP contribution in [-0.2, 0) is 11.2 Å². The van der Waals surface area contributed by atoms with Crippen molar-refractivity contribution in [3.63, 3.8) is 0 Å². The number of nitrogens with one attached hydrogen (secondary N) is 1. The van der Waals surface area contributed by atoms with Gasteiger partial charge in [-0.05, 0) is 49.5 Å². The number of unbranched alkanes of at least 4 members (excludes halogenated alkanes) is 1. The van der Waals surface area contributed by atoms with Crippen molar-refractivity contribution in [3.8, 4) is 11.3 Å². The van der Waals surface area contributed by atoms with Gasteiger partial charge in [0.15, 0.2) is 5.13 Å². The van der Waals surface area contributed by atoms with Crippen LogP contribution in [0.3, 0.4) is 0 Å². The van der Waals surface area contributed by atoms with Crippen LogP contribution in [0.5, 0.6) is 0 Å². The number of aromatic nitrogens is 1. The summed E-state index contributed by atoms with van der Waals surface area (Å²) in [6.07, 6.45) is 5.77. The highest BCUT2D eigenvalue weighted by molar-refractivity contribution is 7.16. The smallest absolute Gasteiger partial charge is 0.331 e. The molecule has 0 aliphatic heterocycles. The molecule has 2 N–H and O–H groups in total. The zero-order valence-electron chi connectivity index (χ0n) is 18.8. The molecule has 0 bridgehead atoms. The van der Waals surface area contributed by atoms with E-state index in [1.54, 1.807) is 0 Å². The van der Waals surface area contributed by atoms with Gasteiger partial charge in [-0.3, -0.25) is 10.1 Å². The van der Waals surface area contributed by atoms with E-state index in [1.807, 2.05) is 6.07 Å². The quantitative estimate of drug-likeness (QED) is 0.316. The molecule has 1 aliphatic rings. The maximum Gasteiger partial charge on any atom is 0.331 e. The Hall–Kier alpha value is -2.67. The molecule has 176 valence electrons. The van der Waals surface area contributed by atoms with Crippen molar-refractivity contribution < 1.29 is 14.7 Å². The molecule has 0 fully saturated rings. The summed E-state index contributed by atoms with van der Waals surface area (Å²) >= 11 is 14.1. The van der Waals surface area contributed by atoms with Gasteiger partial charge in [0.25, 0.3) is 5.91 Å². The number of benzene rings is 2. The summed E-state index contributed by atoms with van der Waals surface area (Å²) in [5.41, 5.74) is 4.12. The number of carboxylic acid groups (broad SMARTS) is 1. The van der Waals surface area contributed by atoms with Crippen LogP contribution in [0.25, 0.3) is 17.3 Å². The molecule has 1 aliphatic carbocycles. The molecule has 1 heterocycles. The predicted molar refractivity (Wildman–Crippen MR) is 139 cm³/mol.